The van der Waals surface area contributed by atoms with Crippen LogP contribution in [0.1, 0.15) is 10.4 Å². The topological polar surface area (TPSA) is 42.0 Å². The van der Waals surface area contributed by atoms with E-state index in [-0.39, 0.29) is 5.91 Å². The number of aromatic nitrogens is 1. The maximum atomic E-state index is 12.3. The number of amides is 1. The van der Waals surface area contributed by atoms with Crippen LogP contribution in [0.3, 0.4) is 0 Å². The molecule has 1 N–H and O–H groups in total. The molecular weight excluding hydrogens is 352 g/mol. The summed E-state index contributed by atoms with van der Waals surface area (Å²) in [5.74, 6) is -0.216. The van der Waals surface area contributed by atoms with Crippen LogP contribution in [0.25, 0.3) is 10.8 Å². The third-order valence-corrected chi connectivity index (χ3v) is 4.01. The van der Waals surface area contributed by atoms with Gasteiger partial charge in [0.1, 0.15) is 5.15 Å². The van der Waals surface area contributed by atoms with Gasteiger partial charge < -0.3 is 5.32 Å². The largest absolute Gasteiger partial charge is 0.321 e. The Morgan fingerprint density at radius 3 is 2.62 bits per heavy atom. The van der Waals surface area contributed by atoms with Crippen molar-refractivity contribution in [2.75, 3.05) is 5.32 Å². The van der Waals surface area contributed by atoms with Gasteiger partial charge in [-0.05, 0) is 29.7 Å². The van der Waals surface area contributed by atoms with Crippen LogP contribution in [-0.2, 0) is 0 Å². The average Bonchev–Trinajstić information content (AvgIpc) is 2.50. The first-order chi connectivity index (χ1) is 10.1. The maximum Gasteiger partial charge on any atom is 0.255 e. The van der Waals surface area contributed by atoms with Gasteiger partial charge in [-0.15, -0.1) is 0 Å². The molecule has 0 aliphatic rings. The monoisotopic (exact) mass is 360 g/mol. The zero-order valence-corrected chi connectivity index (χ0v) is 13.1. The highest BCUT2D eigenvalue weighted by Crippen LogP contribution is 2.30. The molecule has 1 heterocycles. The average molecular weight is 362 g/mol. The summed E-state index contributed by atoms with van der Waals surface area (Å²) < 4.78 is 0.989. The summed E-state index contributed by atoms with van der Waals surface area (Å²) in [5, 5.41) is 5.22. The van der Waals surface area contributed by atoms with E-state index in [1.807, 2.05) is 36.4 Å². The molecule has 1 amide bonds. The van der Waals surface area contributed by atoms with Crippen LogP contribution in [0, 0.1) is 0 Å². The van der Waals surface area contributed by atoms with Crippen LogP contribution in [0.15, 0.2) is 59.2 Å². The molecule has 0 atom stereocenters. The third-order valence-electron chi connectivity index (χ3n) is 3.11. The lowest BCUT2D eigenvalue weighted by Crippen LogP contribution is -2.12. The molecule has 3 nitrogen and oxygen atoms in total. The zero-order valence-electron chi connectivity index (χ0n) is 10.8. The van der Waals surface area contributed by atoms with Crippen molar-refractivity contribution in [1.29, 1.82) is 0 Å². The number of rotatable bonds is 2. The van der Waals surface area contributed by atoms with Crippen LogP contribution in [0.4, 0.5) is 5.69 Å². The molecule has 104 valence electrons. The van der Waals surface area contributed by atoms with Crippen molar-refractivity contribution in [3.8, 4) is 0 Å². The van der Waals surface area contributed by atoms with Gasteiger partial charge in [0.05, 0.1) is 0 Å². The summed E-state index contributed by atoms with van der Waals surface area (Å²) >= 11 is 9.32. The molecule has 0 saturated carbocycles. The molecule has 0 unspecified atom stereocenters. The van der Waals surface area contributed by atoms with E-state index in [0.717, 1.165) is 20.9 Å². The highest BCUT2D eigenvalue weighted by Gasteiger charge is 2.10. The number of hydrogen-bond donors (Lipinski definition) is 1. The number of fused-ring (bicyclic) bond motifs is 1. The quantitative estimate of drug-likeness (QED) is 0.659. The van der Waals surface area contributed by atoms with E-state index < -0.39 is 0 Å². The normalized spacial score (nSPS) is 10.6. The molecule has 3 rings (SSSR count). The molecule has 0 fully saturated rings. The Balaban J connectivity index is 1.99. The number of halogens is 2. The van der Waals surface area contributed by atoms with Gasteiger partial charge in [-0.1, -0.05) is 51.8 Å². The second kappa shape index (κ2) is 5.84. The van der Waals surface area contributed by atoms with E-state index in [1.165, 1.54) is 12.3 Å². The van der Waals surface area contributed by atoms with E-state index in [1.54, 1.807) is 6.07 Å². The van der Waals surface area contributed by atoms with Crippen LogP contribution in [0.2, 0.25) is 5.15 Å². The number of carbonyl (C=O) groups excluding carboxylic acids is 1. The Hall–Kier alpha value is -1.91. The summed E-state index contributed by atoms with van der Waals surface area (Å²) in [6, 6.07) is 14.8. The summed E-state index contributed by atoms with van der Waals surface area (Å²) in [6.45, 7) is 0. The lowest BCUT2D eigenvalue weighted by atomic mass is 10.1. The van der Waals surface area contributed by atoms with Crippen molar-refractivity contribution >= 4 is 49.9 Å². The van der Waals surface area contributed by atoms with Crippen molar-refractivity contribution in [2.45, 2.75) is 0 Å². The summed E-state index contributed by atoms with van der Waals surface area (Å²) in [5.41, 5.74) is 1.23. The second-order valence-electron chi connectivity index (χ2n) is 4.46. The lowest BCUT2D eigenvalue weighted by molar-refractivity contribution is 0.102. The Bertz CT molecular complexity index is 835. The zero-order chi connectivity index (χ0) is 14.8. The molecule has 0 saturated heterocycles. The van der Waals surface area contributed by atoms with Crippen molar-refractivity contribution in [3.05, 3.63) is 69.9 Å². The molecule has 1 aromatic heterocycles. The van der Waals surface area contributed by atoms with E-state index in [9.17, 15) is 4.79 Å². The number of benzene rings is 2. The minimum Gasteiger partial charge on any atom is -0.321 e. The lowest BCUT2D eigenvalue weighted by Gasteiger charge is -2.10. The summed E-state index contributed by atoms with van der Waals surface area (Å²) in [4.78, 5) is 16.2. The molecule has 2 aromatic carbocycles. The number of carbonyl (C=O) groups is 1. The molecule has 0 bridgehead atoms. The van der Waals surface area contributed by atoms with Crippen molar-refractivity contribution in [2.24, 2.45) is 0 Å². The Morgan fingerprint density at radius 1 is 1.10 bits per heavy atom. The molecule has 0 spiro atoms. The second-order valence-corrected chi connectivity index (χ2v) is 5.70. The highest BCUT2D eigenvalue weighted by molar-refractivity contribution is 9.10. The minimum atomic E-state index is -0.216. The summed E-state index contributed by atoms with van der Waals surface area (Å²) in [7, 11) is 0. The summed E-state index contributed by atoms with van der Waals surface area (Å²) in [6.07, 6.45) is 1.51. The van der Waals surface area contributed by atoms with Crippen LogP contribution in [0.5, 0.6) is 0 Å². The molecule has 5 heteroatoms. The Morgan fingerprint density at radius 2 is 1.86 bits per heavy atom. The number of nitrogens with one attached hydrogen (secondary N) is 1. The van der Waals surface area contributed by atoms with Gasteiger partial charge in [-0.3, -0.25) is 4.79 Å². The minimum absolute atomic E-state index is 0.216. The van der Waals surface area contributed by atoms with Gasteiger partial charge in [0.25, 0.3) is 5.91 Å². The standard InChI is InChI=1S/C16H10BrClN2O/c17-13-5-6-14(12-4-2-1-3-11(12)13)20-16(21)10-7-8-19-15(18)9-10/h1-9H,(H,20,21). The predicted molar refractivity (Wildman–Crippen MR) is 88.8 cm³/mol. The van der Waals surface area contributed by atoms with Gasteiger partial charge in [0.2, 0.25) is 0 Å². The molecule has 21 heavy (non-hydrogen) atoms. The number of pyridine rings is 1. The van der Waals surface area contributed by atoms with E-state index in [4.69, 9.17) is 11.6 Å². The smallest absolute Gasteiger partial charge is 0.255 e. The third kappa shape index (κ3) is 2.91. The number of hydrogen-bond acceptors (Lipinski definition) is 2. The van der Waals surface area contributed by atoms with Crippen LogP contribution >= 0.6 is 27.5 Å². The maximum absolute atomic E-state index is 12.3. The first kappa shape index (κ1) is 14.0. The number of anilines is 1. The van der Waals surface area contributed by atoms with Gasteiger partial charge in [0, 0.05) is 27.3 Å². The van der Waals surface area contributed by atoms with E-state index in [2.05, 4.69) is 26.2 Å². The fraction of sp³-hybridized carbons (Fsp3) is 0. The molecule has 0 radical (unpaired) electrons. The Labute approximate surface area is 135 Å². The fourth-order valence-corrected chi connectivity index (χ4v) is 2.76. The SMILES string of the molecule is O=C(Nc1ccc(Br)c2ccccc12)c1ccnc(Cl)c1. The molecule has 0 aliphatic carbocycles. The van der Waals surface area contributed by atoms with Gasteiger partial charge in [-0.2, -0.15) is 0 Å². The molecule has 3 aromatic rings. The first-order valence-electron chi connectivity index (χ1n) is 6.25. The van der Waals surface area contributed by atoms with Crippen LogP contribution in [-0.4, -0.2) is 10.9 Å². The predicted octanol–water partition coefficient (Wildman–Crippen LogP) is 4.90. The van der Waals surface area contributed by atoms with Crippen molar-refractivity contribution in [3.63, 3.8) is 0 Å². The van der Waals surface area contributed by atoms with Gasteiger partial charge in [-0.25, -0.2) is 4.98 Å². The highest BCUT2D eigenvalue weighted by atomic mass is 79.9. The van der Waals surface area contributed by atoms with Gasteiger partial charge in [0.15, 0.2) is 0 Å². The first-order valence-corrected chi connectivity index (χ1v) is 7.42. The Kier molecular flexibility index (Phi) is 3.90. The molecular formula is C16H10BrClN2O. The number of nitrogens with zero attached hydrogens (tertiary/aromatic N) is 1. The van der Waals surface area contributed by atoms with E-state index in [0.29, 0.717) is 10.7 Å². The van der Waals surface area contributed by atoms with Gasteiger partial charge >= 0.3 is 0 Å². The van der Waals surface area contributed by atoms with Crippen molar-refractivity contribution < 1.29 is 4.79 Å². The fourth-order valence-electron chi connectivity index (χ4n) is 2.11. The van der Waals surface area contributed by atoms with Crippen LogP contribution < -0.4 is 5.32 Å². The van der Waals surface area contributed by atoms with E-state index >= 15 is 0 Å². The molecule has 0 aliphatic heterocycles. The van der Waals surface area contributed by atoms with Crippen molar-refractivity contribution in [1.82, 2.24) is 4.98 Å².